The summed E-state index contributed by atoms with van der Waals surface area (Å²) in [6, 6.07) is 19.8. The number of rotatable bonds is 2. The van der Waals surface area contributed by atoms with Gasteiger partial charge in [0.2, 0.25) is 0 Å². The number of para-hydroxylation sites is 1. The maximum atomic E-state index is 6.09. The molecule has 26 heavy (non-hydrogen) atoms. The molecule has 3 heterocycles. The summed E-state index contributed by atoms with van der Waals surface area (Å²) in [4.78, 5) is 13.8. The highest BCUT2D eigenvalue weighted by Crippen LogP contribution is 2.35. The van der Waals surface area contributed by atoms with Crippen molar-refractivity contribution in [1.29, 1.82) is 0 Å². The number of pyridine rings is 1. The van der Waals surface area contributed by atoms with Crippen molar-refractivity contribution in [1.82, 2.24) is 15.0 Å². The lowest BCUT2D eigenvalue weighted by molar-refractivity contribution is 0.667. The molecule has 0 atom stereocenters. The van der Waals surface area contributed by atoms with Crippen molar-refractivity contribution in [3.8, 4) is 22.6 Å². The molecule has 0 N–H and O–H groups in total. The number of hydrogen-bond donors (Lipinski definition) is 0. The highest BCUT2D eigenvalue weighted by atomic mass is 79.9. The quantitative estimate of drug-likeness (QED) is 0.371. The monoisotopic (exact) mass is 401 g/mol. The van der Waals surface area contributed by atoms with E-state index in [1.807, 2.05) is 60.7 Å². The maximum absolute atomic E-state index is 6.09. The summed E-state index contributed by atoms with van der Waals surface area (Å²) in [5.41, 5.74) is 4.89. The van der Waals surface area contributed by atoms with Crippen LogP contribution in [0.1, 0.15) is 0 Å². The molecule has 5 rings (SSSR count). The first-order chi connectivity index (χ1) is 12.8. The number of benzene rings is 2. The second kappa shape index (κ2) is 6.04. The van der Waals surface area contributed by atoms with Gasteiger partial charge in [-0.1, -0.05) is 40.2 Å². The maximum Gasteiger partial charge on any atom is 0.180 e. The predicted molar refractivity (Wildman–Crippen MR) is 106 cm³/mol. The smallest absolute Gasteiger partial charge is 0.180 e. The minimum Gasteiger partial charge on any atom is -0.452 e. The van der Waals surface area contributed by atoms with Crippen LogP contribution in [0.4, 0.5) is 0 Å². The van der Waals surface area contributed by atoms with Gasteiger partial charge in [0, 0.05) is 33.4 Å². The number of nitrogens with zero attached hydrogens (tertiary/aromatic N) is 3. The number of halogens is 1. The fourth-order valence-corrected chi connectivity index (χ4v) is 3.28. The Hall–Kier alpha value is -3.05. The van der Waals surface area contributed by atoms with E-state index in [1.165, 1.54) is 0 Å². The zero-order valence-corrected chi connectivity index (χ0v) is 15.1. The van der Waals surface area contributed by atoms with Gasteiger partial charge in [-0.25, -0.2) is 9.97 Å². The van der Waals surface area contributed by atoms with Crippen LogP contribution in [-0.4, -0.2) is 15.0 Å². The highest BCUT2D eigenvalue weighted by molar-refractivity contribution is 9.10. The van der Waals surface area contributed by atoms with E-state index in [2.05, 4.69) is 20.9 Å². The van der Waals surface area contributed by atoms with Crippen LogP contribution in [0.3, 0.4) is 0 Å². The highest BCUT2D eigenvalue weighted by Gasteiger charge is 2.17. The predicted octanol–water partition coefficient (Wildman–Crippen LogP) is 5.87. The van der Waals surface area contributed by atoms with Gasteiger partial charge in [0.05, 0.1) is 0 Å². The summed E-state index contributed by atoms with van der Waals surface area (Å²) in [7, 11) is 0. The van der Waals surface area contributed by atoms with Gasteiger partial charge >= 0.3 is 0 Å². The van der Waals surface area contributed by atoms with E-state index in [0.29, 0.717) is 11.4 Å². The molecule has 3 aromatic heterocycles. The van der Waals surface area contributed by atoms with Gasteiger partial charge in [0.15, 0.2) is 11.4 Å². The number of fused-ring (bicyclic) bond motifs is 3. The van der Waals surface area contributed by atoms with Crippen molar-refractivity contribution < 1.29 is 4.42 Å². The molecular weight excluding hydrogens is 390 g/mol. The van der Waals surface area contributed by atoms with Crippen molar-refractivity contribution >= 4 is 38.0 Å². The van der Waals surface area contributed by atoms with Gasteiger partial charge in [0.25, 0.3) is 0 Å². The Bertz CT molecular complexity index is 1230. The molecule has 0 fully saturated rings. The molecule has 0 saturated heterocycles. The largest absolute Gasteiger partial charge is 0.452 e. The molecule has 0 aliphatic rings. The third kappa shape index (κ3) is 2.48. The minimum atomic E-state index is 0.662. The van der Waals surface area contributed by atoms with Crippen molar-refractivity contribution in [3.63, 3.8) is 0 Å². The Balaban J connectivity index is 1.87. The summed E-state index contributed by atoms with van der Waals surface area (Å²) in [6.45, 7) is 0. The van der Waals surface area contributed by atoms with Crippen LogP contribution < -0.4 is 0 Å². The fourth-order valence-electron chi connectivity index (χ4n) is 3.02. The Kier molecular flexibility index (Phi) is 3.53. The number of aromatic nitrogens is 3. The van der Waals surface area contributed by atoms with Gasteiger partial charge in [0.1, 0.15) is 16.8 Å². The molecule has 4 nitrogen and oxygen atoms in total. The molecule has 0 amide bonds. The minimum absolute atomic E-state index is 0.662. The Morgan fingerprint density at radius 2 is 1.65 bits per heavy atom. The summed E-state index contributed by atoms with van der Waals surface area (Å²) in [6.07, 6.45) is 3.54. The lowest BCUT2D eigenvalue weighted by atomic mass is 10.1. The summed E-state index contributed by atoms with van der Waals surface area (Å²) < 4.78 is 7.10. The number of furan rings is 1. The van der Waals surface area contributed by atoms with E-state index < -0.39 is 0 Å². The lowest BCUT2D eigenvalue weighted by Crippen LogP contribution is -1.94. The van der Waals surface area contributed by atoms with Crippen molar-refractivity contribution in [3.05, 3.63) is 77.5 Å². The molecule has 2 aromatic carbocycles. The lowest BCUT2D eigenvalue weighted by Gasteiger charge is -2.06. The van der Waals surface area contributed by atoms with Crippen LogP contribution in [0.15, 0.2) is 81.9 Å². The second-order valence-corrected chi connectivity index (χ2v) is 6.84. The van der Waals surface area contributed by atoms with Crippen LogP contribution in [0.5, 0.6) is 0 Å². The standard InChI is InChI=1S/C21H12BrN3O/c22-15-9-7-13(8-10-15)21-24-18(14-4-3-11-23-12-14)20-19(25-21)16-5-1-2-6-17(16)26-20/h1-12H. The van der Waals surface area contributed by atoms with Crippen LogP contribution in [0.2, 0.25) is 0 Å². The average molecular weight is 402 g/mol. The first kappa shape index (κ1) is 15.2. The first-order valence-corrected chi connectivity index (χ1v) is 8.94. The Morgan fingerprint density at radius 1 is 0.808 bits per heavy atom. The Morgan fingerprint density at radius 3 is 2.46 bits per heavy atom. The number of hydrogen-bond acceptors (Lipinski definition) is 4. The SMILES string of the molecule is Brc1ccc(-c2nc(-c3cccnc3)c3oc4ccccc4c3n2)cc1. The van der Waals surface area contributed by atoms with Crippen LogP contribution in [-0.2, 0) is 0 Å². The van der Waals surface area contributed by atoms with Crippen molar-refractivity contribution in [2.75, 3.05) is 0 Å². The third-order valence-electron chi connectivity index (χ3n) is 4.26. The second-order valence-electron chi connectivity index (χ2n) is 5.92. The molecule has 0 bridgehead atoms. The summed E-state index contributed by atoms with van der Waals surface area (Å²) in [5.74, 6) is 0.662. The molecule has 0 saturated carbocycles. The van der Waals surface area contributed by atoms with Gasteiger partial charge in [-0.05, 0) is 36.4 Å². The van der Waals surface area contributed by atoms with Crippen molar-refractivity contribution in [2.24, 2.45) is 0 Å². The zero-order chi connectivity index (χ0) is 17.5. The fraction of sp³-hybridized carbons (Fsp3) is 0. The van der Waals surface area contributed by atoms with Gasteiger partial charge in [-0.2, -0.15) is 0 Å². The van der Waals surface area contributed by atoms with E-state index in [1.54, 1.807) is 12.4 Å². The molecule has 0 spiro atoms. The van der Waals surface area contributed by atoms with E-state index in [9.17, 15) is 0 Å². The molecule has 124 valence electrons. The molecule has 0 unspecified atom stereocenters. The normalized spacial score (nSPS) is 11.3. The summed E-state index contributed by atoms with van der Waals surface area (Å²) >= 11 is 3.47. The zero-order valence-electron chi connectivity index (χ0n) is 13.6. The van der Waals surface area contributed by atoms with Crippen LogP contribution in [0.25, 0.3) is 44.7 Å². The van der Waals surface area contributed by atoms with E-state index >= 15 is 0 Å². The molecule has 5 heteroatoms. The van der Waals surface area contributed by atoms with Crippen molar-refractivity contribution in [2.45, 2.75) is 0 Å². The van der Waals surface area contributed by atoms with Gasteiger partial charge < -0.3 is 4.42 Å². The van der Waals surface area contributed by atoms with E-state index in [4.69, 9.17) is 14.4 Å². The van der Waals surface area contributed by atoms with Crippen LogP contribution >= 0.6 is 15.9 Å². The Labute approximate surface area is 157 Å². The molecule has 0 aliphatic carbocycles. The topological polar surface area (TPSA) is 51.8 Å². The van der Waals surface area contributed by atoms with E-state index in [-0.39, 0.29) is 0 Å². The average Bonchev–Trinajstić information content (AvgIpc) is 3.07. The third-order valence-corrected chi connectivity index (χ3v) is 4.79. The van der Waals surface area contributed by atoms with Gasteiger partial charge in [-0.15, -0.1) is 0 Å². The van der Waals surface area contributed by atoms with Gasteiger partial charge in [-0.3, -0.25) is 4.98 Å². The van der Waals surface area contributed by atoms with E-state index in [0.717, 1.165) is 37.8 Å². The first-order valence-electron chi connectivity index (χ1n) is 8.15. The molecule has 5 aromatic rings. The summed E-state index contributed by atoms with van der Waals surface area (Å²) in [5, 5.41) is 0.980. The molecular formula is C21H12BrN3O. The molecule has 0 radical (unpaired) electrons. The molecule has 0 aliphatic heterocycles. The van der Waals surface area contributed by atoms with Crippen LogP contribution in [0, 0.1) is 0 Å².